The third-order valence-corrected chi connectivity index (χ3v) is 7.66. The molecule has 0 atom stereocenters. The van der Waals surface area contributed by atoms with Crippen LogP contribution < -0.4 is 10.9 Å². The molecule has 0 unspecified atom stereocenters. The van der Waals surface area contributed by atoms with Gasteiger partial charge in [-0.05, 0) is 63.0 Å². The molecule has 30 heavy (non-hydrogen) atoms. The molecule has 5 nitrogen and oxygen atoms in total. The van der Waals surface area contributed by atoms with Gasteiger partial charge in [0.15, 0.2) is 0 Å². The maximum absolute atomic E-state index is 13.0. The summed E-state index contributed by atoms with van der Waals surface area (Å²) in [4.78, 5) is 23.0. The standard InChI is InChI=1S/C24H25ClN4O/c25-16-5-4-6-18-20(16)22(30)28-23-24(11-2-1-3-12-24)21-19(29(18)23)8-7-17(27-21)15-9-13-26-14-10-15/h4-8,15,26H,1-3,9-14H2. The fourth-order valence-electron chi connectivity index (χ4n) is 5.86. The molecule has 0 radical (unpaired) electrons. The van der Waals surface area contributed by atoms with Crippen LogP contribution in [0.5, 0.6) is 0 Å². The van der Waals surface area contributed by atoms with Gasteiger partial charge >= 0.3 is 0 Å². The number of hydrogen-bond donors (Lipinski definition) is 1. The Hall–Kier alpha value is -2.24. The van der Waals surface area contributed by atoms with Crippen LogP contribution in [0.4, 0.5) is 0 Å². The average Bonchev–Trinajstić information content (AvgIpc) is 3.04. The molecule has 6 rings (SSSR count). The van der Waals surface area contributed by atoms with Gasteiger partial charge in [0, 0.05) is 11.6 Å². The third kappa shape index (κ3) is 2.55. The highest BCUT2D eigenvalue weighted by molar-refractivity contribution is 6.35. The van der Waals surface area contributed by atoms with E-state index in [1.54, 1.807) is 6.07 Å². The molecule has 1 saturated heterocycles. The lowest BCUT2D eigenvalue weighted by atomic mass is 9.71. The highest BCUT2D eigenvalue weighted by Crippen LogP contribution is 2.51. The Bertz CT molecular complexity index is 1210. The lowest BCUT2D eigenvalue weighted by Crippen LogP contribution is -2.33. The van der Waals surface area contributed by atoms with E-state index >= 15 is 0 Å². The number of nitrogens with zero attached hydrogens (tertiary/aromatic N) is 3. The van der Waals surface area contributed by atoms with Crippen molar-refractivity contribution in [1.29, 1.82) is 0 Å². The maximum Gasteiger partial charge on any atom is 0.282 e. The fraction of sp³-hybridized carbons (Fsp3) is 0.458. The molecule has 0 bridgehead atoms. The van der Waals surface area contributed by atoms with Gasteiger partial charge in [0.05, 0.1) is 32.7 Å². The first-order valence-electron chi connectivity index (χ1n) is 11.1. The number of hydrogen-bond acceptors (Lipinski definition) is 4. The summed E-state index contributed by atoms with van der Waals surface area (Å²) in [5.41, 5.74) is 3.75. The molecule has 6 heteroatoms. The molecule has 0 amide bonds. The molecule has 2 aliphatic heterocycles. The number of pyridine rings is 1. The van der Waals surface area contributed by atoms with E-state index in [0.717, 1.165) is 74.3 Å². The van der Waals surface area contributed by atoms with E-state index in [1.807, 2.05) is 12.1 Å². The molecule has 1 N–H and O–H groups in total. The minimum absolute atomic E-state index is 0.224. The Morgan fingerprint density at radius 3 is 2.63 bits per heavy atom. The summed E-state index contributed by atoms with van der Waals surface area (Å²) < 4.78 is 2.17. The molecule has 1 aromatic carbocycles. The first-order valence-corrected chi connectivity index (χ1v) is 11.5. The van der Waals surface area contributed by atoms with Crippen LogP contribution in [0, 0.1) is 0 Å². The lowest BCUT2D eigenvalue weighted by molar-refractivity contribution is 0.331. The van der Waals surface area contributed by atoms with Crippen LogP contribution in [0.2, 0.25) is 5.02 Å². The van der Waals surface area contributed by atoms with Crippen molar-refractivity contribution in [2.24, 2.45) is 0 Å². The van der Waals surface area contributed by atoms with E-state index in [2.05, 4.69) is 27.0 Å². The number of benzene rings is 1. The Morgan fingerprint density at radius 2 is 1.83 bits per heavy atom. The third-order valence-electron chi connectivity index (χ3n) is 7.35. The Balaban J connectivity index is 1.64. The molecule has 2 aromatic heterocycles. The highest BCUT2D eigenvalue weighted by atomic mass is 35.5. The molecule has 3 aromatic rings. The molecule has 1 saturated carbocycles. The number of piperidine rings is 1. The van der Waals surface area contributed by atoms with Crippen LogP contribution >= 0.6 is 11.6 Å². The van der Waals surface area contributed by atoms with Crippen molar-refractivity contribution in [2.45, 2.75) is 56.3 Å². The summed E-state index contributed by atoms with van der Waals surface area (Å²) in [5.74, 6) is 1.37. The van der Waals surface area contributed by atoms with E-state index in [-0.39, 0.29) is 11.0 Å². The molecule has 1 spiro atoms. The van der Waals surface area contributed by atoms with Gasteiger partial charge in [0.25, 0.3) is 5.56 Å². The van der Waals surface area contributed by atoms with Gasteiger partial charge in [0.2, 0.25) is 0 Å². The highest BCUT2D eigenvalue weighted by Gasteiger charge is 2.48. The van der Waals surface area contributed by atoms with Crippen LogP contribution in [-0.2, 0) is 5.41 Å². The van der Waals surface area contributed by atoms with Gasteiger partial charge in [-0.3, -0.25) is 14.3 Å². The van der Waals surface area contributed by atoms with Crippen molar-refractivity contribution in [1.82, 2.24) is 19.9 Å². The second kappa shape index (κ2) is 6.89. The smallest absolute Gasteiger partial charge is 0.282 e. The van der Waals surface area contributed by atoms with Crippen LogP contribution in [0.3, 0.4) is 0 Å². The number of halogens is 1. The minimum atomic E-state index is -0.258. The predicted octanol–water partition coefficient (Wildman–Crippen LogP) is 4.46. The van der Waals surface area contributed by atoms with Crippen LogP contribution in [0.15, 0.2) is 35.1 Å². The SMILES string of the molecule is O=c1nc2n(c3cccc(Cl)c13)-c1ccc(C3CCNCC3)nc1C21CCCCC1. The summed E-state index contributed by atoms with van der Waals surface area (Å²) >= 11 is 6.42. The van der Waals surface area contributed by atoms with Crippen LogP contribution in [0.25, 0.3) is 16.6 Å². The number of rotatable bonds is 1. The molecule has 3 aliphatic rings. The van der Waals surface area contributed by atoms with Gasteiger partial charge in [-0.15, -0.1) is 0 Å². The molecular weight excluding hydrogens is 396 g/mol. The zero-order chi connectivity index (χ0) is 20.3. The van der Waals surface area contributed by atoms with Gasteiger partial charge in [-0.1, -0.05) is 36.9 Å². The topological polar surface area (TPSA) is 59.8 Å². The maximum atomic E-state index is 13.0. The Kier molecular flexibility index (Phi) is 4.26. The van der Waals surface area contributed by atoms with Gasteiger partial charge in [-0.25, -0.2) is 0 Å². The summed E-state index contributed by atoms with van der Waals surface area (Å²) in [6.45, 7) is 2.10. The average molecular weight is 421 g/mol. The van der Waals surface area contributed by atoms with Gasteiger partial charge in [0.1, 0.15) is 5.82 Å². The molecule has 4 heterocycles. The van der Waals surface area contributed by atoms with Crippen molar-refractivity contribution in [3.8, 4) is 5.69 Å². The molecule has 1 aliphatic carbocycles. The quantitative estimate of drug-likeness (QED) is 0.631. The first-order chi connectivity index (χ1) is 14.7. The predicted molar refractivity (Wildman–Crippen MR) is 119 cm³/mol. The second-order valence-corrected chi connectivity index (χ2v) is 9.39. The number of nitrogens with one attached hydrogen (secondary N) is 1. The van der Waals surface area contributed by atoms with E-state index in [9.17, 15) is 4.79 Å². The van der Waals surface area contributed by atoms with E-state index < -0.39 is 0 Å². The number of fused-ring (bicyclic) bond motifs is 7. The fourth-order valence-corrected chi connectivity index (χ4v) is 6.11. The molecule has 2 fully saturated rings. The molecule has 154 valence electrons. The van der Waals surface area contributed by atoms with Crippen molar-refractivity contribution < 1.29 is 0 Å². The summed E-state index contributed by atoms with van der Waals surface area (Å²) in [7, 11) is 0. The van der Waals surface area contributed by atoms with Crippen molar-refractivity contribution in [3.05, 3.63) is 62.9 Å². The lowest BCUT2D eigenvalue weighted by Gasteiger charge is -2.33. The zero-order valence-electron chi connectivity index (χ0n) is 17.0. The van der Waals surface area contributed by atoms with Crippen LogP contribution in [-0.4, -0.2) is 27.6 Å². The Labute approximate surface area is 180 Å². The van der Waals surface area contributed by atoms with Crippen molar-refractivity contribution in [3.63, 3.8) is 0 Å². The van der Waals surface area contributed by atoms with Crippen molar-refractivity contribution in [2.75, 3.05) is 13.1 Å². The zero-order valence-corrected chi connectivity index (χ0v) is 17.7. The normalized spacial score (nSPS) is 20.4. The van der Waals surface area contributed by atoms with E-state index in [0.29, 0.717) is 16.3 Å². The first kappa shape index (κ1) is 18.5. The van der Waals surface area contributed by atoms with Crippen LogP contribution in [0.1, 0.15) is 68.1 Å². The molecular formula is C24H25ClN4O. The van der Waals surface area contributed by atoms with Gasteiger partial charge in [-0.2, -0.15) is 4.98 Å². The number of aromatic nitrogens is 3. The van der Waals surface area contributed by atoms with E-state index in [4.69, 9.17) is 16.6 Å². The summed E-state index contributed by atoms with van der Waals surface area (Å²) in [6, 6.07) is 10.1. The van der Waals surface area contributed by atoms with Crippen molar-refractivity contribution >= 4 is 22.5 Å². The summed E-state index contributed by atoms with van der Waals surface area (Å²) in [5, 5.41) is 4.42. The van der Waals surface area contributed by atoms with E-state index in [1.165, 1.54) is 12.1 Å². The Morgan fingerprint density at radius 1 is 1.03 bits per heavy atom. The minimum Gasteiger partial charge on any atom is -0.317 e. The monoisotopic (exact) mass is 420 g/mol. The summed E-state index contributed by atoms with van der Waals surface area (Å²) in [6.07, 6.45) is 7.77. The van der Waals surface area contributed by atoms with Gasteiger partial charge < -0.3 is 5.32 Å². The second-order valence-electron chi connectivity index (χ2n) is 8.98. The largest absolute Gasteiger partial charge is 0.317 e.